The van der Waals surface area contributed by atoms with Gasteiger partial charge >= 0.3 is 0 Å². The van der Waals surface area contributed by atoms with Crippen LogP contribution in [0.4, 0.5) is 5.69 Å². The van der Waals surface area contributed by atoms with Crippen LogP contribution in [0.3, 0.4) is 0 Å². The first-order valence-corrected chi connectivity index (χ1v) is 10.7. The van der Waals surface area contributed by atoms with Gasteiger partial charge in [0, 0.05) is 49.5 Å². The van der Waals surface area contributed by atoms with Gasteiger partial charge in [0.2, 0.25) is 5.91 Å². The molecule has 0 unspecified atom stereocenters. The molecule has 2 heterocycles. The Morgan fingerprint density at radius 2 is 2.03 bits per heavy atom. The fourth-order valence-electron chi connectivity index (χ4n) is 2.81. The highest BCUT2D eigenvalue weighted by Gasteiger charge is 2.16. The number of benzene rings is 1. The number of thioether (sulfide) groups is 1. The predicted octanol–water partition coefficient (Wildman–Crippen LogP) is 3.51. The van der Waals surface area contributed by atoms with Crippen LogP contribution in [-0.4, -0.2) is 51.7 Å². The van der Waals surface area contributed by atoms with E-state index in [2.05, 4.69) is 20.5 Å². The Kier molecular flexibility index (Phi) is 8.22. The number of amides is 1. The average Bonchev–Trinajstić information content (AvgIpc) is 3.18. The van der Waals surface area contributed by atoms with E-state index in [4.69, 9.17) is 9.47 Å². The van der Waals surface area contributed by atoms with Crippen molar-refractivity contribution in [1.82, 2.24) is 19.7 Å². The van der Waals surface area contributed by atoms with Gasteiger partial charge in [-0.3, -0.25) is 9.78 Å². The molecule has 0 saturated heterocycles. The Balaban J connectivity index is 1.68. The number of carbonyl (C=O) groups excluding carboxylic acids is 1. The Labute approximate surface area is 180 Å². The maximum atomic E-state index is 12.4. The second-order valence-corrected chi connectivity index (χ2v) is 7.26. The van der Waals surface area contributed by atoms with Gasteiger partial charge in [0.05, 0.1) is 12.9 Å². The first-order chi connectivity index (χ1) is 14.7. The molecule has 1 amide bonds. The number of nitrogens with one attached hydrogen (secondary N) is 1. The van der Waals surface area contributed by atoms with E-state index < -0.39 is 0 Å². The van der Waals surface area contributed by atoms with Crippen molar-refractivity contribution in [2.75, 3.05) is 31.4 Å². The third-order valence-corrected chi connectivity index (χ3v) is 5.18. The highest BCUT2D eigenvalue weighted by Crippen LogP contribution is 2.24. The van der Waals surface area contributed by atoms with Gasteiger partial charge in [-0.2, -0.15) is 0 Å². The number of ether oxygens (including phenoxy) is 2. The average molecular weight is 428 g/mol. The summed E-state index contributed by atoms with van der Waals surface area (Å²) in [5.74, 6) is 1.54. The van der Waals surface area contributed by atoms with Crippen molar-refractivity contribution in [3.8, 4) is 17.1 Å². The third kappa shape index (κ3) is 6.04. The van der Waals surface area contributed by atoms with Crippen LogP contribution in [0.25, 0.3) is 11.4 Å². The zero-order chi connectivity index (χ0) is 21.2. The lowest BCUT2D eigenvalue weighted by atomic mass is 10.2. The zero-order valence-electron chi connectivity index (χ0n) is 17.1. The van der Waals surface area contributed by atoms with Crippen molar-refractivity contribution < 1.29 is 14.3 Å². The van der Waals surface area contributed by atoms with E-state index in [0.717, 1.165) is 17.8 Å². The smallest absolute Gasteiger partial charge is 0.234 e. The van der Waals surface area contributed by atoms with Gasteiger partial charge < -0.3 is 19.4 Å². The van der Waals surface area contributed by atoms with E-state index in [9.17, 15) is 4.79 Å². The lowest BCUT2D eigenvalue weighted by Gasteiger charge is -2.10. The molecular weight excluding hydrogens is 402 g/mol. The molecule has 0 fully saturated rings. The van der Waals surface area contributed by atoms with Crippen LogP contribution in [0.2, 0.25) is 0 Å². The second-order valence-electron chi connectivity index (χ2n) is 6.31. The number of anilines is 1. The highest BCUT2D eigenvalue weighted by molar-refractivity contribution is 7.99. The monoisotopic (exact) mass is 427 g/mol. The summed E-state index contributed by atoms with van der Waals surface area (Å²) in [7, 11) is 1.59. The first kappa shape index (κ1) is 21.8. The van der Waals surface area contributed by atoms with Gasteiger partial charge in [0.1, 0.15) is 5.75 Å². The summed E-state index contributed by atoms with van der Waals surface area (Å²) in [5, 5.41) is 12.2. The molecule has 0 aliphatic rings. The second kappa shape index (κ2) is 11.3. The quantitative estimate of drug-likeness (QED) is 0.370. The zero-order valence-corrected chi connectivity index (χ0v) is 17.9. The predicted molar refractivity (Wildman–Crippen MR) is 117 cm³/mol. The van der Waals surface area contributed by atoms with Gasteiger partial charge in [-0.1, -0.05) is 17.8 Å². The normalized spacial score (nSPS) is 10.7. The molecule has 3 rings (SSSR count). The Hall–Kier alpha value is -2.91. The molecule has 0 bridgehead atoms. The molecule has 158 valence electrons. The van der Waals surface area contributed by atoms with Crippen LogP contribution in [-0.2, 0) is 16.1 Å². The fourth-order valence-corrected chi connectivity index (χ4v) is 3.57. The van der Waals surface area contributed by atoms with Gasteiger partial charge in [0.15, 0.2) is 11.0 Å². The van der Waals surface area contributed by atoms with E-state index in [1.165, 1.54) is 11.8 Å². The van der Waals surface area contributed by atoms with Crippen molar-refractivity contribution in [3.63, 3.8) is 0 Å². The Bertz CT molecular complexity index is 949. The molecular formula is C21H25N5O3S. The number of carbonyl (C=O) groups is 1. The molecule has 1 aromatic carbocycles. The Morgan fingerprint density at radius 1 is 1.20 bits per heavy atom. The van der Waals surface area contributed by atoms with Crippen molar-refractivity contribution in [1.29, 1.82) is 0 Å². The molecule has 0 aliphatic heterocycles. The standard InChI is InChI=1S/C21H25N5O3S/c1-3-29-13-5-12-26-20(16-8-10-22-11-9-16)24-25-21(26)30-15-19(27)23-17-6-4-7-18(14-17)28-2/h4,6-11,14H,3,5,12-13,15H2,1-2H3,(H,23,27). The minimum atomic E-state index is -0.123. The molecule has 1 N–H and O–H groups in total. The first-order valence-electron chi connectivity index (χ1n) is 9.69. The summed E-state index contributed by atoms with van der Waals surface area (Å²) in [4.78, 5) is 16.5. The van der Waals surface area contributed by atoms with Crippen molar-refractivity contribution in [2.45, 2.75) is 25.0 Å². The number of hydrogen-bond donors (Lipinski definition) is 1. The van der Waals surface area contributed by atoms with E-state index in [1.807, 2.05) is 41.8 Å². The van der Waals surface area contributed by atoms with E-state index in [0.29, 0.717) is 36.4 Å². The van der Waals surface area contributed by atoms with E-state index in [1.54, 1.807) is 25.6 Å². The molecule has 0 spiro atoms. The van der Waals surface area contributed by atoms with Crippen LogP contribution in [0.5, 0.6) is 5.75 Å². The maximum absolute atomic E-state index is 12.4. The number of rotatable bonds is 11. The minimum Gasteiger partial charge on any atom is -0.497 e. The fraction of sp³-hybridized carbons (Fsp3) is 0.333. The van der Waals surface area contributed by atoms with Crippen LogP contribution in [0.1, 0.15) is 13.3 Å². The summed E-state index contributed by atoms with van der Waals surface area (Å²) in [6.45, 7) is 4.02. The number of methoxy groups -OCH3 is 1. The molecule has 30 heavy (non-hydrogen) atoms. The lowest BCUT2D eigenvalue weighted by Crippen LogP contribution is -2.15. The summed E-state index contributed by atoms with van der Waals surface area (Å²) in [6.07, 6.45) is 4.28. The maximum Gasteiger partial charge on any atom is 0.234 e. The van der Waals surface area contributed by atoms with Crippen LogP contribution in [0, 0.1) is 0 Å². The van der Waals surface area contributed by atoms with E-state index >= 15 is 0 Å². The molecule has 0 atom stereocenters. The van der Waals surface area contributed by atoms with Crippen molar-refractivity contribution >= 4 is 23.4 Å². The minimum absolute atomic E-state index is 0.123. The largest absolute Gasteiger partial charge is 0.497 e. The molecule has 0 aliphatic carbocycles. The SMILES string of the molecule is CCOCCCn1c(SCC(=O)Nc2cccc(OC)c2)nnc1-c1ccncc1. The topological polar surface area (TPSA) is 91.2 Å². The molecule has 0 saturated carbocycles. The number of pyridine rings is 1. The van der Waals surface area contributed by atoms with Crippen LogP contribution < -0.4 is 10.1 Å². The number of nitrogens with zero attached hydrogens (tertiary/aromatic N) is 4. The molecule has 3 aromatic rings. The van der Waals surface area contributed by atoms with E-state index in [-0.39, 0.29) is 11.7 Å². The van der Waals surface area contributed by atoms with Crippen molar-refractivity contribution in [3.05, 3.63) is 48.8 Å². The summed E-state index contributed by atoms with van der Waals surface area (Å²) in [6, 6.07) is 11.1. The molecule has 0 radical (unpaired) electrons. The summed E-state index contributed by atoms with van der Waals surface area (Å²) in [5.41, 5.74) is 1.62. The Morgan fingerprint density at radius 3 is 2.80 bits per heavy atom. The molecule has 8 nitrogen and oxygen atoms in total. The van der Waals surface area contributed by atoms with Crippen LogP contribution >= 0.6 is 11.8 Å². The number of hydrogen-bond acceptors (Lipinski definition) is 7. The van der Waals surface area contributed by atoms with Gasteiger partial charge in [-0.15, -0.1) is 10.2 Å². The van der Waals surface area contributed by atoms with Gasteiger partial charge in [-0.25, -0.2) is 0 Å². The van der Waals surface area contributed by atoms with Crippen molar-refractivity contribution in [2.24, 2.45) is 0 Å². The summed E-state index contributed by atoms with van der Waals surface area (Å²) >= 11 is 1.35. The molecule has 2 aromatic heterocycles. The highest BCUT2D eigenvalue weighted by atomic mass is 32.2. The van der Waals surface area contributed by atoms with Gasteiger partial charge in [0.25, 0.3) is 0 Å². The number of aromatic nitrogens is 4. The van der Waals surface area contributed by atoms with Crippen LogP contribution in [0.15, 0.2) is 53.9 Å². The third-order valence-electron chi connectivity index (χ3n) is 4.22. The molecule has 9 heteroatoms. The lowest BCUT2D eigenvalue weighted by molar-refractivity contribution is -0.113. The van der Waals surface area contributed by atoms with Gasteiger partial charge in [-0.05, 0) is 37.6 Å². The summed E-state index contributed by atoms with van der Waals surface area (Å²) < 4.78 is 12.7.